The molecule has 6 aliphatic rings. The van der Waals surface area contributed by atoms with Crippen molar-refractivity contribution < 1.29 is 0 Å². The minimum absolute atomic E-state index is 0.0344. The summed E-state index contributed by atoms with van der Waals surface area (Å²) < 4.78 is 5.14. The molecule has 2 radical (unpaired) electrons. The summed E-state index contributed by atoms with van der Waals surface area (Å²) in [6, 6.07) is 17.6. The van der Waals surface area contributed by atoms with E-state index in [2.05, 4.69) is 135 Å². The van der Waals surface area contributed by atoms with E-state index in [-0.39, 0.29) is 24.2 Å². The molecule has 6 N–H and O–H groups in total. The van der Waals surface area contributed by atoms with Gasteiger partial charge in [0.05, 0.1) is 0 Å². The third kappa shape index (κ3) is 3.00. The summed E-state index contributed by atoms with van der Waals surface area (Å²) in [6.07, 6.45) is 17.8. The molecule has 4 atom stereocenters. The Bertz CT molecular complexity index is 1880. The Hall–Kier alpha value is -4.44. The average molecular weight is 641 g/mol. The van der Waals surface area contributed by atoms with Crippen LogP contribution in [0.5, 0.6) is 0 Å². The van der Waals surface area contributed by atoms with Crippen LogP contribution < -0.4 is 31.9 Å². The topological polar surface area (TPSA) is 82.0 Å². The molecule has 0 amide bonds. The molecule has 2 aromatic carbocycles. The summed E-state index contributed by atoms with van der Waals surface area (Å²) in [5.74, 6) is 7.21. The molecule has 41 heavy (non-hydrogen) atoms. The second-order valence-electron chi connectivity index (χ2n) is 11.2. The van der Waals surface area contributed by atoms with E-state index >= 15 is 0 Å². The minimum atomic E-state index is -1.55. The predicted octanol–water partition coefficient (Wildman–Crippen LogP) is 4.97. The summed E-state index contributed by atoms with van der Waals surface area (Å²) in [4.78, 5) is 0. The summed E-state index contributed by atoms with van der Waals surface area (Å²) in [5, 5.41) is 28.4. The van der Waals surface area contributed by atoms with Gasteiger partial charge in [0.25, 0.3) is 0 Å². The van der Waals surface area contributed by atoms with Gasteiger partial charge in [-0.05, 0) is 0 Å². The number of aromatic nitrogens is 2. The Morgan fingerprint density at radius 1 is 0.512 bits per heavy atom. The van der Waals surface area contributed by atoms with E-state index in [1.807, 2.05) is 0 Å². The molecule has 4 aliphatic heterocycles. The van der Waals surface area contributed by atoms with Gasteiger partial charge in [-0.3, -0.25) is 0 Å². The van der Waals surface area contributed by atoms with E-state index in [0.29, 0.717) is 0 Å². The van der Waals surface area contributed by atoms with Crippen LogP contribution in [0.4, 0.5) is 23.3 Å². The number of nitrogens with one attached hydrogen (secondary N) is 6. The number of anilines is 4. The summed E-state index contributed by atoms with van der Waals surface area (Å²) in [5.41, 5.74) is 2.56. The zero-order valence-corrected chi connectivity index (χ0v) is 24.8. The molecule has 0 saturated heterocycles. The van der Waals surface area contributed by atoms with Crippen molar-refractivity contribution in [3.8, 4) is 0 Å². The third-order valence-electron chi connectivity index (χ3n) is 9.06. The van der Waals surface area contributed by atoms with E-state index in [1.54, 1.807) is 0 Å². The molecule has 6 heterocycles. The second-order valence-corrected chi connectivity index (χ2v) is 14.4. The van der Waals surface area contributed by atoms with Crippen LogP contribution in [-0.2, 0) is 0 Å². The van der Waals surface area contributed by atoms with Gasteiger partial charge < -0.3 is 0 Å². The molecule has 0 fully saturated rings. The number of nitrogens with zero attached hydrogens (tertiary/aromatic N) is 2. The molecular weight excluding hydrogens is 615 g/mol. The number of hydrogen-bond donors (Lipinski definition) is 6. The fourth-order valence-electron chi connectivity index (χ4n) is 7.18. The van der Waals surface area contributed by atoms with Gasteiger partial charge in [-0.25, -0.2) is 0 Å². The maximum absolute atomic E-state index is 4.00. The van der Waals surface area contributed by atoms with Crippen molar-refractivity contribution in [2.24, 2.45) is 11.8 Å². The Labute approximate surface area is 247 Å². The van der Waals surface area contributed by atoms with Crippen LogP contribution in [0.3, 0.4) is 0 Å². The van der Waals surface area contributed by atoms with Crippen molar-refractivity contribution in [2.45, 2.75) is 12.3 Å². The Morgan fingerprint density at radius 2 is 0.951 bits per heavy atom. The molecule has 8 nitrogen and oxygen atoms in total. The van der Waals surface area contributed by atoms with Gasteiger partial charge in [0, 0.05) is 0 Å². The number of rotatable bonds is 0. The standard InChI is InChI=1S/C32H26N8.Sn/c1-2-10-18-17(9-1)25-33-26(18)38-28-21-13-5-6-14-22(21)30(35-28)40-32-24-16-8-7-15-23(24)31(36-32)39-29-20-12-4-3-11-19(20)27(34-29)37-25;/h1-17,23,25,31,33,36-40H;/q-2;+2. The summed E-state index contributed by atoms with van der Waals surface area (Å²) >= 11 is -1.55. The van der Waals surface area contributed by atoms with Gasteiger partial charge in [0.15, 0.2) is 0 Å². The van der Waals surface area contributed by atoms with Crippen LogP contribution in [-0.4, -0.2) is 39.6 Å². The normalized spacial score (nSPS) is 26.0. The maximum atomic E-state index is 4.00. The first-order valence-electron chi connectivity index (χ1n) is 14.1. The van der Waals surface area contributed by atoms with Crippen molar-refractivity contribution in [3.63, 3.8) is 0 Å². The van der Waals surface area contributed by atoms with Gasteiger partial charge in [-0.15, -0.1) is 0 Å². The van der Waals surface area contributed by atoms with E-state index in [0.717, 1.165) is 23.3 Å². The summed E-state index contributed by atoms with van der Waals surface area (Å²) in [6.45, 7) is 0. The number of fused-ring (bicyclic) bond motifs is 14. The van der Waals surface area contributed by atoms with Crippen LogP contribution in [0.2, 0.25) is 0 Å². The molecule has 0 saturated carbocycles. The molecule has 2 aromatic heterocycles. The van der Waals surface area contributed by atoms with Crippen molar-refractivity contribution in [1.29, 1.82) is 0 Å². The van der Waals surface area contributed by atoms with Crippen molar-refractivity contribution in [2.75, 3.05) is 21.3 Å². The first-order chi connectivity index (χ1) is 20.3. The van der Waals surface area contributed by atoms with Crippen LogP contribution in [0.15, 0.2) is 120 Å². The molecule has 10 rings (SSSR count). The van der Waals surface area contributed by atoms with Crippen molar-refractivity contribution in [3.05, 3.63) is 120 Å². The number of hydrogen-bond acceptors (Lipinski definition) is 6. The quantitative estimate of drug-likeness (QED) is 0.153. The molecule has 4 unspecified atom stereocenters. The van der Waals surface area contributed by atoms with Gasteiger partial charge in [0.2, 0.25) is 0 Å². The molecule has 2 aliphatic carbocycles. The Morgan fingerprint density at radius 3 is 1.44 bits per heavy atom. The first-order valence-corrected chi connectivity index (χ1v) is 16.7. The van der Waals surface area contributed by atoms with E-state index in [4.69, 9.17) is 0 Å². The van der Waals surface area contributed by atoms with Gasteiger partial charge >= 0.3 is 248 Å². The summed E-state index contributed by atoms with van der Waals surface area (Å²) in [7, 11) is 0. The zero-order chi connectivity index (χ0) is 26.7. The fraction of sp³-hybridized carbons (Fsp3) is 0.125. The third-order valence-corrected chi connectivity index (χ3v) is 12.8. The molecule has 198 valence electrons. The number of allylic oxidation sites excluding steroid dienone is 6. The molecule has 0 spiro atoms. The predicted molar refractivity (Wildman–Crippen MR) is 166 cm³/mol. The van der Waals surface area contributed by atoms with Crippen LogP contribution >= 0.6 is 0 Å². The Balaban J connectivity index is 1.32. The van der Waals surface area contributed by atoms with Gasteiger partial charge in [0.1, 0.15) is 0 Å². The van der Waals surface area contributed by atoms with Gasteiger partial charge in [-0.1, -0.05) is 0 Å². The molecule has 6 bridgehead atoms. The monoisotopic (exact) mass is 642 g/mol. The van der Waals surface area contributed by atoms with Crippen molar-refractivity contribution in [1.82, 2.24) is 16.2 Å². The van der Waals surface area contributed by atoms with Crippen LogP contribution in [0.1, 0.15) is 0 Å². The van der Waals surface area contributed by atoms with Crippen LogP contribution in [0, 0.1) is 11.8 Å². The molecule has 4 aromatic rings. The fourth-order valence-corrected chi connectivity index (χ4v) is 11.0. The molecule has 9 heteroatoms. The Kier molecular flexibility index (Phi) is 4.38. The van der Waals surface area contributed by atoms with Crippen molar-refractivity contribution >= 4 is 66.5 Å². The first kappa shape index (κ1) is 22.3. The number of benzene rings is 2. The molecular formula is C32H26N8Sn. The zero-order valence-electron chi connectivity index (χ0n) is 21.9. The second kappa shape index (κ2) is 8.07. The van der Waals surface area contributed by atoms with Crippen LogP contribution in [0.25, 0.3) is 21.5 Å². The average Bonchev–Trinajstić information content (AvgIpc) is 3.72. The van der Waals surface area contributed by atoms with E-state index in [1.165, 1.54) is 44.3 Å². The van der Waals surface area contributed by atoms with E-state index in [9.17, 15) is 0 Å². The van der Waals surface area contributed by atoms with E-state index < -0.39 is 21.7 Å². The van der Waals surface area contributed by atoms with Gasteiger partial charge in [-0.2, -0.15) is 0 Å². The SMILES string of the molecule is C1=CC2=C3Nc4c5ccccc5c5[n]4[Sn][n]4c(c6ccccc6c4NC4NC(=C6C=CC=CC64)N5)NC(N3)C2C=C1.